The molecule has 0 aliphatic rings. The van der Waals surface area contributed by atoms with Crippen LogP contribution >= 0.6 is 0 Å². The minimum Gasteiger partial charge on any atom is -0.377 e. The highest BCUT2D eigenvalue weighted by Crippen LogP contribution is 2.18. The third-order valence-corrected chi connectivity index (χ3v) is 4.28. The van der Waals surface area contributed by atoms with Crippen LogP contribution < -0.4 is 10.6 Å². The Morgan fingerprint density at radius 2 is 2.07 bits per heavy atom. The molecule has 7 heteroatoms. The first kappa shape index (κ1) is 19.6. The second kappa shape index (κ2) is 9.14. The summed E-state index contributed by atoms with van der Waals surface area (Å²) in [6, 6.07) is 12.0. The Morgan fingerprint density at radius 1 is 1.25 bits per heavy atom. The minimum atomic E-state index is -0.372. The van der Waals surface area contributed by atoms with Crippen molar-refractivity contribution in [1.29, 1.82) is 0 Å². The molecule has 0 saturated carbocycles. The fraction of sp³-hybridized carbons (Fsp3) is 0.238. The number of nitrogens with one attached hydrogen (secondary N) is 2. The molecule has 3 rings (SSSR count). The van der Waals surface area contributed by atoms with Crippen LogP contribution in [0.3, 0.4) is 0 Å². The minimum absolute atomic E-state index is 0.208. The van der Waals surface area contributed by atoms with E-state index in [0.29, 0.717) is 36.0 Å². The Labute approximate surface area is 163 Å². The molecule has 2 aromatic carbocycles. The highest BCUT2D eigenvalue weighted by molar-refractivity contribution is 5.90. The molecule has 0 aliphatic carbocycles. The number of urea groups is 1. The number of benzene rings is 2. The fourth-order valence-electron chi connectivity index (χ4n) is 2.82. The molecular formula is C21H23FN4O2. The molecule has 1 heterocycles. The van der Waals surface area contributed by atoms with E-state index in [-0.39, 0.29) is 18.4 Å². The predicted molar refractivity (Wildman–Crippen MR) is 106 cm³/mol. The Hall–Kier alpha value is -3.19. The van der Waals surface area contributed by atoms with Gasteiger partial charge in [-0.05, 0) is 37.6 Å². The number of anilines is 1. The van der Waals surface area contributed by atoms with Gasteiger partial charge >= 0.3 is 6.03 Å². The van der Waals surface area contributed by atoms with Gasteiger partial charge in [0, 0.05) is 36.8 Å². The molecule has 0 fully saturated rings. The zero-order valence-corrected chi connectivity index (χ0v) is 15.9. The molecule has 146 valence electrons. The van der Waals surface area contributed by atoms with Crippen LogP contribution in [0.15, 0.2) is 54.9 Å². The van der Waals surface area contributed by atoms with Crippen LogP contribution in [0.2, 0.25) is 0 Å². The lowest BCUT2D eigenvalue weighted by molar-refractivity contribution is 0.134. The summed E-state index contributed by atoms with van der Waals surface area (Å²) in [5, 5.41) is 5.56. The van der Waals surface area contributed by atoms with E-state index in [4.69, 9.17) is 4.74 Å². The van der Waals surface area contributed by atoms with Crippen LogP contribution in [-0.2, 0) is 17.9 Å². The summed E-state index contributed by atoms with van der Waals surface area (Å²) < 4.78 is 21.5. The first-order valence-corrected chi connectivity index (χ1v) is 9.07. The lowest BCUT2D eigenvalue weighted by Gasteiger charge is -2.13. The normalized spacial score (nSPS) is 10.7. The van der Waals surface area contributed by atoms with Crippen molar-refractivity contribution in [2.24, 2.45) is 0 Å². The molecule has 2 N–H and O–H groups in total. The largest absolute Gasteiger partial charge is 0.377 e. The molecule has 1 aromatic heterocycles. The van der Waals surface area contributed by atoms with Gasteiger partial charge in [0.25, 0.3) is 0 Å². The number of amides is 2. The summed E-state index contributed by atoms with van der Waals surface area (Å²) >= 11 is 0. The van der Waals surface area contributed by atoms with Crippen molar-refractivity contribution in [3.8, 4) is 5.69 Å². The predicted octanol–water partition coefficient (Wildman–Crippen LogP) is 4.18. The van der Waals surface area contributed by atoms with Crippen LogP contribution in [0.4, 0.5) is 14.9 Å². The number of aryl methyl sites for hydroxylation is 1. The number of ether oxygens (including phenoxy) is 1. The van der Waals surface area contributed by atoms with Gasteiger partial charge in [0.1, 0.15) is 11.6 Å². The molecule has 28 heavy (non-hydrogen) atoms. The number of rotatable bonds is 7. The van der Waals surface area contributed by atoms with Crippen molar-refractivity contribution < 1.29 is 13.9 Å². The van der Waals surface area contributed by atoms with E-state index >= 15 is 0 Å². The smallest absolute Gasteiger partial charge is 0.319 e. The van der Waals surface area contributed by atoms with Gasteiger partial charge < -0.3 is 19.9 Å². The van der Waals surface area contributed by atoms with Gasteiger partial charge in [-0.3, -0.25) is 0 Å². The highest BCUT2D eigenvalue weighted by atomic mass is 19.1. The van der Waals surface area contributed by atoms with Crippen LogP contribution in [0.25, 0.3) is 5.69 Å². The number of imidazole rings is 1. The molecule has 0 bridgehead atoms. The van der Waals surface area contributed by atoms with Crippen molar-refractivity contribution in [2.75, 3.05) is 11.9 Å². The van der Waals surface area contributed by atoms with Crippen molar-refractivity contribution in [1.82, 2.24) is 14.9 Å². The Kier molecular flexibility index (Phi) is 6.39. The van der Waals surface area contributed by atoms with Crippen molar-refractivity contribution in [3.05, 3.63) is 77.6 Å². The number of hydrogen-bond acceptors (Lipinski definition) is 3. The van der Waals surface area contributed by atoms with E-state index in [1.165, 1.54) is 6.07 Å². The average Bonchev–Trinajstić information content (AvgIpc) is 3.11. The zero-order valence-electron chi connectivity index (χ0n) is 15.9. The van der Waals surface area contributed by atoms with Gasteiger partial charge in [-0.15, -0.1) is 0 Å². The third-order valence-electron chi connectivity index (χ3n) is 4.28. The lowest BCUT2D eigenvalue weighted by Crippen LogP contribution is -2.28. The van der Waals surface area contributed by atoms with Gasteiger partial charge in [-0.1, -0.05) is 24.3 Å². The summed E-state index contributed by atoms with van der Waals surface area (Å²) in [6.45, 7) is 4.96. The van der Waals surface area contributed by atoms with E-state index in [0.717, 1.165) is 5.56 Å². The second-order valence-electron chi connectivity index (χ2n) is 6.23. The molecule has 0 spiro atoms. The molecule has 0 saturated heterocycles. The quantitative estimate of drug-likeness (QED) is 0.644. The summed E-state index contributed by atoms with van der Waals surface area (Å²) in [6.07, 6.45) is 3.33. The van der Waals surface area contributed by atoms with E-state index in [1.807, 2.05) is 38.1 Å². The van der Waals surface area contributed by atoms with Crippen LogP contribution in [0.1, 0.15) is 23.9 Å². The SMILES string of the molecule is CCOCc1ccccc1NC(=O)NCc1ccc(-n2ccnc2C)c(F)c1. The second-order valence-corrected chi connectivity index (χ2v) is 6.23. The highest BCUT2D eigenvalue weighted by Gasteiger charge is 2.10. The summed E-state index contributed by atoms with van der Waals surface area (Å²) in [5.41, 5.74) is 2.67. The molecule has 0 radical (unpaired) electrons. The Bertz CT molecular complexity index is 955. The number of nitrogens with zero attached hydrogens (tertiary/aromatic N) is 2. The van der Waals surface area contributed by atoms with E-state index in [2.05, 4.69) is 15.6 Å². The van der Waals surface area contributed by atoms with Gasteiger partial charge in [0.05, 0.1) is 12.3 Å². The topological polar surface area (TPSA) is 68.2 Å². The summed E-state index contributed by atoms with van der Waals surface area (Å²) in [4.78, 5) is 16.3. The molecular weight excluding hydrogens is 359 g/mol. The zero-order chi connectivity index (χ0) is 19.9. The molecule has 0 aliphatic heterocycles. The van der Waals surface area contributed by atoms with Gasteiger partial charge in [0.2, 0.25) is 0 Å². The third kappa shape index (κ3) is 4.75. The molecule has 2 amide bonds. The maximum Gasteiger partial charge on any atom is 0.319 e. The first-order valence-electron chi connectivity index (χ1n) is 9.07. The Morgan fingerprint density at radius 3 is 2.79 bits per heavy atom. The monoisotopic (exact) mass is 382 g/mol. The van der Waals surface area contributed by atoms with Gasteiger partial charge in [0.15, 0.2) is 0 Å². The van der Waals surface area contributed by atoms with Crippen LogP contribution in [0, 0.1) is 12.7 Å². The Balaban J connectivity index is 1.61. The van der Waals surface area contributed by atoms with Crippen molar-refractivity contribution in [2.45, 2.75) is 27.0 Å². The number of para-hydroxylation sites is 1. The number of hydrogen-bond donors (Lipinski definition) is 2. The van der Waals surface area contributed by atoms with E-state index in [9.17, 15) is 9.18 Å². The number of carbonyl (C=O) groups excluding carboxylic acids is 1. The van der Waals surface area contributed by atoms with Crippen LogP contribution in [-0.4, -0.2) is 22.2 Å². The summed E-state index contributed by atoms with van der Waals surface area (Å²) in [7, 11) is 0. The number of carbonyl (C=O) groups is 1. The number of aromatic nitrogens is 2. The van der Waals surface area contributed by atoms with Crippen LogP contribution in [0.5, 0.6) is 0 Å². The fourth-order valence-corrected chi connectivity index (χ4v) is 2.82. The molecule has 0 unspecified atom stereocenters. The molecule has 0 atom stereocenters. The van der Waals surface area contributed by atoms with Crippen molar-refractivity contribution in [3.63, 3.8) is 0 Å². The van der Waals surface area contributed by atoms with E-state index < -0.39 is 0 Å². The molecule has 6 nitrogen and oxygen atoms in total. The maximum absolute atomic E-state index is 14.4. The number of halogens is 1. The lowest BCUT2D eigenvalue weighted by atomic mass is 10.2. The van der Waals surface area contributed by atoms with Gasteiger partial charge in [-0.2, -0.15) is 0 Å². The molecule has 3 aromatic rings. The van der Waals surface area contributed by atoms with E-state index in [1.54, 1.807) is 29.1 Å². The maximum atomic E-state index is 14.4. The van der Waals surface area contributed by atoms with Gasteiger partial charge in [-0.25, -0.2) is 14.2 Å². The average molecular weight is 382 g/mol. The van der Waals surface area contributed by atoms with Crippen molar-refractivity contribution >= 4 is 11.7 Å². The summed E-state index contributed by atoms with van der Waals surface area (Å²) in [5.74, 6) is 0.331. The standard InChI is InChI=1S/C21H23FN4O2/c1-3-28-14-17-6-4-5-7-19(17)25-21(27)24-13-16-8-9-20(18(22)12-16)26-11-10-23-15(26)2/h4-12H,3,13-14H2,1-2H3,(H2,24,25,27). The first-order chi connectivity index (χ1) is 13.6.